The molecule has 28 heavy (non-hydrogen) atoms. The molecular weight excluding hydrogens is 364 g/mol. The van der Waals surface area contributed by atoms with E-state index in [-0.39, 0.29) is 0 Å². The van der Waals surface area contributed by atoms with Crippen molar-refractivity contribution in [3.8, 4) is 0 Å². The fraction of sp³-hybridized carbons (Fsp3) is 0.333. The van der Waals surface area contributed by atoms with Crippen LogP contribution in [0.15, 0.2) is 47.4 Å². The fourth-order valence-corrected chi connectivity index (χ4v) is 5.57. The second-order valence-corrected chi connectivity index (χ2v) is 8.98. The predicted molar refractivity (Wildman–Crippen MR) is 121 cm³/mol. The maximum atomic E-state index is 13.3. The number of nitrogens with zero attached hydrogens (tertiary/aromatic N) is 1. The molecule has 0 aromatic heterocycles. The first-order valence-corrected chi connectivity index (χ1v) is 11.1. The van der Waals surface area contributed by atoms with E-state index in [2.05, 4.69) is 79.8 Å². The lowest BCUT2D eigenvalue weighted by atomic mass is 10.0. The summed E-state index contributed by atoms with van der Waals surface area (Å²) in [7, 11) is -1.31. The van der Waals surface area contributed by atoms with Crippen molar-refractivity contribution < 1.29 is 4.21 Å². The minimum Gasteiger partial charge on any atom is -0.371 e. The van der Waals surface area contributed by atoms with E-state index in [9.17, 15) is 4.21 Å². The Labute approximate surface area is 170 Å². The zero-order valence-corrected chi connectivity index (χ0v) is 18.0. The average molecular weight is 393 g/mol. The van der Waals surface area contributed by atoms with Crippen LogP contribution in [0.5, 0.6) is 0 Å². The van der Waals surface area contributed by atoms with Crippen LogP contribution in [0.2, 0.25) is 0 Å². The van der Waals surface area contributed by atoms with Gasteiger partial charge in [-0.2, -0.15) is 0 Å². The van der Waals surface area contributed by atoms with E-state index in [4.69, 9.17) is 0 Å². The Morgan fingerprint density at radius 1 is 0.857 bits per heavy atom. The number of hydrogen-bond acceptors (Lipinski definition) is 2. The topological polar surface area (TPSA) is 32.3 Å². The van der Waals surface area contributed by atoms with Crippen molar-refractivity contribution in [2.75, 3.05) is 22.7 Å². The van der Waals surface area contributed by atoms with Crippen molar-refractivity contribution in [1.82, 2.24) is 0 Å². The summed E-state index contributed by atoms with van der Waals surface area (Å²) >= 11 is 0. The Hall–Kier alpha value is -2.33. The molecule has 1 heterocycles. The standard InChI is InChI=1S/C24H28N2OS/c1-16-15-17(2)19(4)24(18(16)3)28(27)25-22-11-12-23(26-13-7-8-14-26)21-10-6-5-9-20(21)22/h5-6,9-12,15,25H,7-8,13-14H2,1-4H3. The molecule has 0 spiro atoms. The van der Waals surface area contributed by atoms with Gasteiger partial charge >= 0.3 is 0 Å². The van der Waals surface area contributed by atoms with E-state index in [0.717, 1.165) is 40.2 Å². The van der Waals surface area contributed by atoms with Gasteiger partial charge in [0.1, 0.15) is 0 Å². The number of benzene rings is 3. The van der Waals surface area contributed by atoms with Crippen molar-refractivity contribution in [2.24, 2.45) is 0 Å². The van der Waals surface area contributed by atoms with E-state index in [1.165, 1.54) is 35.0 Å². The molecule has 0 amide bonds. The summed E-state index contributed by atoms with van der Waals surface area (Å²) in [6.07, 6.45) is 2.51. The molecular formula is C24H28N2OS. The molecule has 1 aliphatic rings. The van der Waals surface area contributed by atoms with Gasteiger partial charge in [0, 0.05) is 29.5 Å². The first-order valence-electron chi connectivity index (χ1n) is 10.00. The third kappa shape index (κ3) is 3.30. The predicted octanol–water partition coefficient (Wildman–Crippen LogP) is 5.81. The highest BCUT2D eigenvalue weighted by molar-refractivity contribution is 7.86. The molecule has 0 saturated carbocycles. The molecule has 3 aromatic carbocycles. The van der Waals surface area contributed by atoms with Crippen molar-refractivity contribution in [1.29, 1.82) is 0 Å². The van der Waals surface area contributed by atoms with Gasteiger partial charge in [-0.05, 0) is 74.9 Å². The minimum absolute atomic E-state index is 0.908. The fourth-order valence-electron chi connectivity index (χ4n) is 4.22. The van der Waals surface area contributed by atoms with E-state index < -0.39 is 11.0 Å². The van der Waals surface area contributed by atoms with Gasteiger partial charge in [0.15, 0.2) is 11.0 Å². The number of rotatable bonds is 4. The van der Waals surface area contributed by atoms with Crippen molar-refractivity contribution in [2.45, 2.75) is 45.4 Å². The Bertz CT molecular complexity index is 1040. The number of nitrogens with one attached hydrogen (secondary N) is 1. The van der Waals surface area contributed by atoms with Crippen LogP contribution in [0.3, 0.4) is 0 Å². The minimum atomic E-state index is -1.31. The number of aryl methyl sites for hydroxylation is 2. The molecule has 1 N–H and O–H groups in total. The van der Waals surface area contributed by atoms with Gasteiger partial charge in [-0.25, -0.2) is 4.21 Å². The zero-order chi connectivity index (χ0) is 19.8. The van der Waals surface area contributed by atoms with Crippen LogP contribution in [0.25, 0.3) is 10.8 Å². The Balaban J connectivity index is 1.75. The van der Waals surface area contributed by atoms with Crippen LogP contribution in [0.4, 0.5) is 11.4 Å². The first-order chi connectivity index (χ1) is 13.5. The quantitative estimate of drug-likeness (QED) is 0.608. The lowest BCUT2D eigenvalue weighted by Crippen LogP contribution is -2.18. The van der Waals surface area contributed by atoms with Crippen LogP contribution in [0, 0.1) is 27.7 Å². The summed E-state index contributed by atoms with van der Waals surface area (Å²) in [4.78, 5) is 3.37. The van der Waals surface area contributed by atoms with Gasteiger partial charge in [0.05, 0.1) is 10.6 Å². The summed E-state index contributed by atoms with van der Waals surface area (Å²) in [6, 6.07) is 14.9. The molecule has 1 fully saturated rings. The SMILES string of the molecule is Cc1cc(C)c(C)c(S(=O)Nc2ccc(N3CCCC3)c3ccccc23)c1C. The molecule has 0 bridgehead atoms. The molecule has 3 nitrogen and oxygen atoms in total. The molecule has 3 aromatic rings. The summed E-state index contributed by atoms with van der Waals surface area (Å²) < 4.78 is 16.6. The van der Waals surface area contributed by atoms with Crippen LogP contribution < -0.4 is 9.62 Å². The highest BCUT2D eigenvalue weighted by atomic mass is 32.2. The molecule has 1 unspecified atom stereocenters. The van der Waals surface area contributed by atoms with Crippen LogP contribution in [-0.2, 0) is 11.0 Å². The largest absolute Gasteiger partial charge is 0.371 e. The highest BCUT2D eigenvalue weighted by Gasteiger charge is 2.18. The van der Waals surface area contributed by atoms with Crippen molar-refractivity contribution in [3.05, 3.63) is 64.7 Å². The van der Waals surface area contributed by atoms with Crippen molar-refractivity contribution >= 4 is 33.1 Å². The molecule has 1 aliphatic heterocycles. The van der Waals surface area contributed by atoms with Crippen LogP contribution in [-0.4, -0.2) is 17.3 Å². The van der Waals surface area contributed by atoms with E-state index in [1.807, 2.05) is 0 Å². The Morgan fingerprint density at radius 3 is 2.11 bits per heavy atom. The number of anilines is 2. The van der Waals surface area contributed by atoms with Gasteiger partial charge < -0.3 is 9.62 Å². The zero-order valence-electron chi connectivity index (χ0n) is 17.1. The lowest BCUT2D eigenvalue weighted by Gasteiger charge is -2.22. The Kier molecular flexibility index (Phi) is 5.15. The number of hydrogen-bond donors (Lipinski definition) is 1. The van der Waals surface area contributed by atoms with Gasteiger partial charge in [0.2, 0.25) is 0 Å². The smallest absolute Gasteiger partial charge is 0.150 e. The molecule has 0 radical (unpaired) electrons. The van der Waals surface area contributed by atoms with Crippen molar-refractivity contribution in [3.63, 3.8) is 0 Å². The highest BCUT2D eigenvalue weighted by Crippen LogP contribution is 2.35. The molecule has 1 saturated heterocycles. The normalized spacial score (nSPS) is 15.2. The third-order valence-corrected chi connectivity index (χ3v) is 7.42. The van der Waals surface area contributed by atoms with Gasteiger partial charge in [-0.15, -0.1) is 0 Å². The molecule has 0 aliphatic carbocycles. The van der Waals surface area contributed by atoms with Gasteiger partial charge in [-0.3, -0.25) is 0 Å². The van der Waals surface area contributed by atoms with E-state index in [1.54, 1.807) is 0 Å². The monoisotopic (exact) mass is 392 g/mol. The van der Waals surface area contributed by atoms with Crippen LogP contribution >= 0.6 is 0 Å². The molecule has 4 heteroatoms. The summed E-state index contributed by atoms with van der Waals surface area (Å²) in [5.74, 6) is 0. The molecule has 1 atom stereocenters. The van der Waals surface area contributed by atoms with Gasteiger partial charge in [0.25, 0.3) is 0 Å². The maximum absolute atomic E-state index is 13.3. The second kappa shape index (κ2) is 7.59. The molecule has 146 valence electrons. The average Bonchev–Trinajstić information content (AvgIpc) is 3.21. The Morgan fingerprint density at radius 2 is 1.46 bits per heavy atom. The second-order valence-electron chi connectivity index (χ2n) is 7.83. The summed E-state index contributed by atoms with van der Waals surface area (Å²) in [5, 5.41) is 2.35. The van der Waals surface area contributed by atoms with Crippen LogP contribution in [0.1, 0.15) is 35.1 Å². The summed E-state index contributed by atoms with van der Waals surface area (Å²) in [6.45, 7) is 10.5. The molecule has 4 rings (SSSR count). The first kappa shape index (κ1) is 19.0. The maximum Gasteiger partial charge on any atom is 0.150 e. The van der Waals surface area contributed by atoms with Gasteiger partial charge in [-0.1, -0.05) is 30.3 Å². The summed E-state index contributed by atoms with van der Waals surface area (Å²) in [5.41, 5.74) is 6.78. The third-order valence-electron chi connectivity index (χ3n) is 6.03. The number of fused-ring (bicyclic) bond motifs is 1. The lowest BCUT2D eigenvalue weighted by molar-refractivity contribution is 0.685. The van der Waals surface area contributed by atoms with E-state index >= 15 is 0 Å². The van der Waals surface area contributed by atoms with E-state index in [0.29, 0.717) is 0 Å².